The lowest BCUT2D eigenvalue weighted by Crippen LogP contribution is -2.33. The number of nitrogens with zero attached hydrogens (tertiary/aromatic N) is 1. The van der Waals surface area contributed by atoms with E-state index in [-0.39, 0.29) is 17.7 Å². The summed E-state index contributed by atoms with van der Waals surface area (Å²) in [6, 6.07) is 7.36. The van der Waals surface area contributed by atoms with Crippen molar-refractivity contribution in [3.05, 3.63) is 28.7 Å². The molecular weight excluding hydrogens is 304 g/mol. The number of hydrogen-bond acceptors (Lipinski definition) is 3. The average Bonchev–Trinajstić information content (AvgIpc) is 2.64. The summed E-state index contributed by atoms with van der Waals surface area (Å²) in [5.74, 6) is 0.599. The minimum Gasteiger partial charge on any atom is -0.325 e. The third-order valence-electron chi connectivity index (χ3n) is 2.29. The molecule has 2 rings (SSSR count). The fraction of sp³-hybridized carbons (Fsp3) is 0.273. The number of benzene rings is 1. The molecule has 0 unspecified atom stereocenters. The lowest BCUT2D eigenvalue weighted by atomic mass is 10.3. The number of halogens is 1. The van der Waals surface area contributed by atoms with E-state index in [1.165, 1.54) is 11.8 Å². The molecule has 1 aromatic rings. The summed E-state index contributed by atoms with van der Waals surface area (Å²) >= 11 is 4.59. The highest BCUT2D eigenvalue weighted by Gasteiger charge is 2.23. The van der Waals surface area contributed by atoms with Crippen molar-refractivity contribution in [3.8, 4) is 0 Å². The van der Waals surface area contributed by atoms with Crippen LogP contribution in [0.4, 0.5) is 10.5 Å². The predicted octanol–water partition coefficient (Wildman–Crippen LogP) is 2.56. The lowest BCUT2D eigenvalue weighted by molar-refractivity contribution is -0.116. The molecule has 0 atom stereocenters. The van der Waals surface area contributed by atoms with Gasteiger partial charge in [-0.15, -0.1) is 0 Å². The Morgan fingerprint density at radius 2 is 2.35 bits per heavy atom. The molecule has 0 aromatic heterocycles. The average molecular weight is 315 g/mol. The number of amides is 2. The Morgan fingerprint density at radius 1 is 1.53 bits per heavy atom. The number of thioether (sulfide) groups is 1. The van der Waals surface area contributed by atoms with Crippen molar-refractivity contribution in [2.75, 3.05) is 24.2 Å². The van der Waals surface area contributed by atoms with Crippen LogP contribution in [-0.4, -0.2) is 34.9 Å². The quantitative estimate of drug-likeness (QED) is 0.932. The highest BCUT2D eigenvalue weighted by atomic mass is 79.9. The van der Waals surface area contributed by atoms with Gasteiger partial charge in [-0.05, 0) is 18.2 Å². The Balaban J connectivity index is 1.91. The molecule has 2 amide bonds. The molecule has 1 saturated heterocycles. The fourth-order valence-electron chi connectivity index (χ4n) is 1.51. The Kier molecular flexibility index (Phi) is 4.06. The zero-order valence-electron chi connectivity index (χ0n) is 8.98. The third-order valence-corrected chi connectivity index (χ3v) is 3.67. The summed E-state index contributed by atoms with van der Waals surface area (Å²) < 4.78 is 0.906. The van der Waals surface area contributed by atoms with E-state index in [0.717, 1.165) is 15.9 Å². The number of rotatable bonds is 3. The SMILES string of the molecule is O=C(CN1CCSC1=O)Nc1cccc(Br)c1. The maximum atomic E-state index is 11.7. The molecule has 0 aliphatic carbocycles. The molecule has 1 aliphatic rings. The van der Waals surface area contributed by atoms with Crippen molar-refractivity contribution in [1.82, 2.24) is 4.90 Å². The normalized spacial score (nSPS) is 15.1. The Labute approximate surface area is 112 Å². The molecular formula is C11H11BrN2O2S. The minimum atomic E-state index is -0.168. The van der Waals surface area contributed by atoms with E-state index in [1.807, 2.05) is 24.3 Å². The summed E-state index contributed by atoms with van der Waals surface area (Å²) in [5, 5.41) is 2.74. The molecule has 0 saturated carbocycles. The van der Waals surface area contributed by atoms with Crippen LogP contribution in [0.2, 0.25) is 0 Å². The second kappa shape index (κ2) is 5.55. The van der Waals surface area contributed by atoms with Crippen LogP contribution < -0.4 is 5.32 Å². The van der Waals surface area contributed by atoms with Crippen LogP contribution >= 0.6 is 27.7 Å². The van der Waals surface area contributed by atoms with Gasteiger partial charge in [0.05, 0.1) is 0 Å². The van der Waals surface area contributed by atoms with Crippen molar-refractivity contribution in [3.63, 3.8) is 0 Å². The van der Waals surface area contributed by atoms with Gasteiger partial charge < -0.3 is 10.2 Å². The van der Waals surface area contributed by atoms with E-state index in [9.17, 15) is 9.59 Å². The van der Waals surface area contributed by atoms with E-state index in [0.29, 0.717) is 6.54 Å². The van der Waals surface area contributed by atoms with E-state index < -0.39 is 0 Å². The molecule has 90 valence electrons. The zero-order chi connectivity index (χ0) is 12.3. The number of carbonyl (C=O) groups is 2. The summed E-state index contributed by atoms with van der Waals surface area (Å²) in [5.41, 5.74) is 0.726. The van der Waals surface area contributed by atoms with Gasteiger partial charge in [-0.3, -0.25) is 9.59 Å². The van der Waals surface area contributed by atoms with Gasteiger partial charge in [0.25, 0.3) is 5.24 Å². The molecule has 1 N–H and O–H groups in total. The number of hydrogen-bond donors (Lipinski definition) is 1. The van der Waals surface area contributed by atoms with Crippen LogP contribution in [0.1, 0.15) is 0 Å². The lowest BCUT2D eigenvalue weighted by Gasteiger charge is -2.14. The number of carbonyl (C=O) groups excluding carboxylic acids is 2. The van der Waals surface area contributed by atoms with Crippen molar-refractivity contribution in [2.24, 2.45) is 0 Å². The highest BCUT2D eigenvalue weighted by Crippen LogP contribution is 2.18. The van der Waals surface area contributed by atoms with E-state index in [4.69, 9.17) is 0 Å². The minimum absolute atomic E-state index is 0.0191. The molecule has 0 spiro atoms. The maximum Gasteiger partial charge on any atom is 0.282 e. The van der Waals surface area contributed by atoms with Crippen molar-refractivity contribution in [2.45, 2.75) is 0 Å². The zero-order valence-corrected chi connectivity index (χ0v) is 11.4. The molecule has 6 heteroatoms. The van der Waals surface area contributed by atoms with Gasteiger partial charge in [0.2, 0.25) is 5.91 Å². The first-order valence-electron chi connectivity index (χ1n) is 5.12. The largest absolute Gasteiger partial charge is 0.325 e. The first kappa shape index (κ1) is 12.4. The molecule has 1 fully saturated rings. The van der Waals surface area contributed by atoms with Crippen molar-refractivity contribution >= 4 is 44.5 Å². The monoisotopic (exact) mass is 314 g/mol. The Hall–Kier alpha value is -1.01. The van der Waals surface area contributed by atoms with E-state index in [1.54, 1.807) is 4.90 Å². The fourth-order valence-corrected chi connectivity index (χ4v) is 2.73. The van der Waals surface area contributed by atoms with E-state index >= 15 is 0 Å². The summed E-state index contributed by atoms with van der Waals surface area (Å²) in [7, 11) is 0. The third kappa shape index (κ3) is 3.47. The van der Waals surface area contributed by atoms with Gasteiger partial charge in [-0.2, -0.15) is 0 Å². The van der Waals surface area contributed by atoms with Gasteiger partial charge in [0.1, 0.15) is 6.54 Å². The van der Waals surface area contributed by atoms with Gasteiger partial charge in [0, 0.05) is 22.5 Å². The van der Waals surface area contributed by atoms with E-state index in [2.05, 4.69) is 21.2 Å². The van der Waals surface area contributed by atoms with Crippen LogP contribution in [0, 0.1) is 0 Å². The van der Waals surface area contributed by atoms with Gasteiger partial charge >= 0.3 is 0 Å². The maximum absolute atomic E-state index is 11.7. The number of nitrogens with one attached hydrogen (secondary N) is 1. The van der Waals surface area contributed by atoms with Crippen LogP contribution in [0.3, 0.4) is 0 Å². The highest BCUT2D eigenvalue weighted by molar-refractivity contribution is 9.10. The molecule has 0 bridgehead atoms. The molecule has 1 aromatic carbocycles. The Bertz CT molecular complexity index is 453. The summed E-state index contributed by atoms with van der Waals surface area (Å²) in [6.45, 7) is 0.772. The second-order valence-electron chi connectivity index (χ2n) is 3.59. The van der Waals surface area contributed by atoms with Crippen LogP contribution in [-0.2, 0) is 4.79 Å². The first-order chi connectivity index (χ1) is 8.15. The second-order valence-corrected chi connectivity index (χ2v) is 5.56. The topological polar surface area (TPSA) is 49.4 Å². The molecule has 0 radical (unpaired) electrons. The number of anilines is 1. The summed E-state index contributed by atoms with van der Waals surface area (Å²) in [4.78, 5) is 24.6. The van der Waals surface area contributed by atoms with Gasteiger partial charge in [-0.1, -0.05) is 33.8 Å². The molecule has 17 heavy (non-hydrogen) atoms. The van der Waals surface area contributed by atoms with Crippen LogP contribution in [0.15, 0.2) is 28.7 Å². The van der Waals surface area contributed by atoms with Crippen molar-refractivity contribution in [1.29, 1.82) is 0 Å². The van der Waals surface area contributed by atoms with Gasteiger partial charge in [-0.25, -0.2) is 0 Å². The van der Waals surface area contributed by atoms with Crippen molar-refractivity contribution < 1.29 is 9.59 Å². The predicted molar refractivity (Wildman–Crippen MR) is 72.2 cm³/mol. The van der Waals surface area contributed by atoms with Gasteiger partial charge in [0.15, 0.2) is 0 Å². The van der Waals surface area contributed by atoms with Crippen LogP contribution in [0.5, 0.6) is 0 Å². The molecule has 1 heterocycles. The first-order valence-corrected chi connectivity index (χ1v) is 6.90. The van der Waals surface area contributed by atoms with Crippen LogP contribution in [0.25, 0.3) is 0 Å². The standard InChI is InChI=1S/C11H11BrN2O2S/c12-8-2-1-3-9(6-8)13-10(15)7-14-4-5-17-11(14)16/h1-3,6H,4-5,7H2,(H,13,15). The molecule has 4 nitrogen and oxygen atoms in total. The summed E-state index contributed by atoms with van der Waals surface area (Å²) in [6.07, 6.45) is 0. The smallest absolute Gasteiger partial charge is 0.282 e. The molecule has 1 aliphatic heterocycles. The Morgan fingerprint density at radius 3 is 3.00 bits per heavy atom.